The molecule has 6 nitrogen and oxygen atoms in total. The number of anilines is 2. The number of nitrogens with zero attached hydrogens (tertiary/aromatic N) is 4. The Morgan fingerprint density at radius 2 is 1.60 bits per heavy atom. The third-order valence-electron chi connectivity index (χ3n) is 8.76. The van der Waals surface area contributed by atoms with Crippen LogP contribution in [-0.2, 0) is 4.74 Å². The Bertz CT molecular complexity index is 959. The first-order valence-corrected chi connectivity index (χ1v) is 13.7. The van der Waals surface area contributed by atoms with Crippen LogP contribution in [-0.4, -0.2) is 73.5 Å². The number of piperidine rings is 2. The molecule has 1 aliphatic carbocycles. The second-order valence-corrected chi connectivity index (χ2v) is 11.0. The molecule has 188 valence electrons. The van der Waals surface area contributed by atoms with Crippen LogP contribution in [0.4, 0.5) is 11.4 Å². The van der Waals surface area contributed by atoms with E-state index in [9.17, 15) is 0 Å². The molecule has 1 aromatic carbocycles. The summed E-state index contributed by atoms with van der Waals surface area (Å²) in [5.74, 6) is 1.02. The van der Waals surface area contributed by atoms with Gasteiger partial charge in [-0.1, -0.05) is 6.42 Å². The van der Waals surface area contributed by atoms with Gasteiger partial charge in [-0.3, -0.25) is 4.98 Å². The van der Waals surface area contributed by atoms with Crippen LogP contribution >= 0.6 is 0 Å². The van der Waals surface area contributed by atoms with Gasteiger partial charge >= 0.3 is 0 Å². The largest absolute Gasteiger partial charge is 0.490 e. The summed E-state index contributed by atoms with van der Waals surface area (Å²) in [6.07, 6.45) is 11.0. The van der Waals surface area contributed by atoms with Gasteiger partial charge in [0.25, 0.3) is 0 Å². The Labute approximate surface area is 210 Å². The number of benzene rings is 1. The minimum Gasteiger partial charge on any atom is -0.490 e. The minimum absolute atomic E-state index is 0.0446. The van der Waals surface area contributed by atoms with Crippen molar-refractivity contribution in [2.75, 3.05) is 55.7 Å². The first-order valence-electron chi connectivity index (χ1n) is 13.7. The Morgan fingerprint density at radius 1 is 0.857 bits per heavy atom. The summed E-state index contributed by atoms with van der Waals surface area (Å²) in [5.41, 5.74) is 3.53. The third-order valence-corrected chi connectivity index (χ3v) is 8.76. The summed E-state index contributed by atoms with van der Waals surface area (Å²) in [6.45, 7) is 9.18. The van der Waals surface area contributed by atoms with Crippen molar-refractivity contribution in [2.45, 2.75) is 69.6 Å². The lowest BCUT2D eigenvalue weighted by Gasteiger charge is -2.48. The normalized spacial score (nSPS) is 23.9. The number of aromatic nitrogens is 1. The predicted octanol–water partition coefficient (Wildman–Crippen LogP) is 4.66. The molecule has 2 aromatic rings. The fourth-order valence-electron chi connectivity index (χ4n) is 6.23. The van der Waals surface area contributed by atoms with E-state index >= 15 is 0 Å². The molecule has 4 aliphatic rings. The summed E-state index contributed by atoms with van der Waals surface area (Å²) in [4.78, 5) is 12.1. The fourth-order valence-corrected chi connectivity index (χ4v) is 6.23. The van der Waals surface area contributed by atoms with Gasteiger partial charge in [-0.25, -0.2) is 0 Å². The molecule has 6 rings (SSSR count). The number of hydrogen-bond donors (Lipinski definition) is 0. The van der Waals surface area contributed by atoms with E-state index in [0.717, 1.165) is 76.0 Å². The van der Waals surface area contributed by atoms with Crippen molar-refractivity contribution in [2.24, 2.45) is 0 Å². The SMILES string of the molecule is Cc1ccc(N2CCOC3(CCN(c4ccc(OC5CCN(C6CCC6)CC5)cc4)CC3)C2)cn1. The smallest absolute Gasteiger partial charge is 0.119 e. The topological polar surface area (TPSA) is 41.1 Å². The van der Waals surface area contributed by atoms with Crippen molar-refractivity contribution < 1.29 is 9.47 Å². The summed E-state index contributed by atoms with van der Waals surface area (Å²) >= 11 is 0. The first kappa shape index (κ1) is 23.1. The first-order chi connectivity index (χ1) is 17.2. The molecule has 1 saturated carbocycles. The van der Waals surface area contributed by atoms with Crippen LogP contribution in [0.2, 0.25) is 0 Å². The maximum atomic E-state index is 6.39. The second-order valence-electron chi connectivity index (χ2n) is 11.0. The van der Waals surface area contributed by atoms with E-state index in [2.05, 4.69) is 56.1 Å². The van der Waals surface area contributed by atoms with Crippen LogP contribution in [0, 0.1) is 6.92 Å². The zero-order valence-corrected chi connectivity index (χ0v) is 21.2. The highest BCUT2D eigenvalue weighted by atomic mass is 16.5. The molecule has 0 amide bonds. The molecule has 35 heavy (non-hydrogen) atoms. The van der Waals surface area contributed by atoms with Crippen molar-refractivity contribution in [3.8, 4) is 5.75 Å². The van der Waals surface area contributed by atoms with E-state index < -0.39 is 0 Å². The third kappa shape index (κ3) is 5.14. The van der Waals surface area contributed by atoms with Crippen molar-refractivity contribution >= 4 is 11.4 Å². The molecule has 0 radical (unpaired) electrons. The van der Waals surface area contributed by atoms with E-state index in [0.29, 0.717) is 6.10 Å². The van der Waals surface area contributed by atoms with Crippen LogP contribution in [0.5, 0.6) is 5.75 Å². The Balaban J connectivity index is 1.000. The highest BCUT2D eigenvalue weighted by Gasteiger charge is 2.40. The molecule has 0 bridgehead atoms. The quantitative estimate of drug-likeness (QED) is 0.625. The highest BCUT2D eigenvalue weighted by molar-refractivity contribution is 5.50. The Morgan fingerprint density at radius 3 is 2.26 bits per heavy atom. The van der Waals surface area contributed by atoms with Crippen molar-refractivity contribution in [3.05, 3.63) is 48.3 Å². The van der Waals surface area contributed by atoms with Crippen LogP contribution in [0.1, 0.15) is 50.6 Å². The number of hydrogen-bond acceptors (Lipinski definition) is 6. The van der Waals surface area contributed by atoms with Gasteiger partial charge in [0.05, 0.1) is 24.1 Å². The van der Waals surface area contributed by atoms with E-state index in [4.69, 9.17) is 9.47 Å². The second kappa shape index (κ2) is 9.98. The van der Waals surface area contributed by atoms with Crippen LogP contribution in [0.3, 0.4) is 0 Å². The number of ether oxygens (including phenoxy) is 2. The molecule has 1 spiro atoms. The Hall–Kier alpha value is -2.31. The summed E-state index contributed by atoms with van der Waals surface area (Å²) in [6, 6.07) is 14.0. The van der Waals surface area contributed by atoms with Gasteiger partial charge in [-0.2, -0.15) is 0 Å². The highest BCUT2D eigenvalue weighted by Crippen LogP contribution is 2.34. The number of morpholine rings is 1. The molecular weight excluding hydrogens is 436 g/mol. The summed E-state index contributed by atoms with van der Waals surface area (Å²) < 4.78 is 12.7. The Kier molecular flexibility index (Phi) is 6.59. The van der Waals surface area contributed by atoms with E-state index in [1.54, 1.807) is 0 Å². The van der Waals surface area contributed by atoms with Gasteiger partial charge in [-0.15, -0.1) is 0 Å². The minimum atomic E-state index is -0.0446. The molecule has 3 aliphatic heterocycles. The van der Waals surface area contributed by atoms with Crippen molar-refractivity contribution in [3.63, 3.8) is 0 Å². The summed E-state index contributed by atoms with van der Waals surface area (Å²) in [7, 11) is 0. The molecule has 0 atom stereocenters. The number of likely N-dealkylation sites (tertiary alicyclic amines) is 1. The predicted molar refractivity (Wildman–Crippen MR) is 141 cm³/mol. The zero-order valence-electron chi connectivity index (χ0n) is 21.2. The van der Waals surface area contributed by atoms with Gasteiger partial charge < -0.3 is 24.2 Å². The molecule has 1 aromatic heterocycles. The molecule has 0 N–H and O–H groups in total. The lowest BCUT2D eigenvalue weighted by Crippen LogP contribution is -2.57. The zero-order chi connectivity index (χ0) is 23.7. The molecule has 4 fully saturated rings. The molecule has 4 heterocycles. The average molecular weight is 477 g/mol. The van der Waals surface area contributed by atoms with Crippen LogP contribution in [0.25, 0.3) is 0 Å². The number of rotatable bonds is 5. The van der Waals surface area contributed by atoms with Gasteiger partial charge in [0.1, 0.15) is 11.9 Å². The van der Waals surface area contributed by atoms with E-state index in [1.807, 2.05) is 13.1 Å². The molecule has 6 heteroatoms. The van der Waals surface area contributed by atoms with E-state index in [-0.39, 0.29) is 5.60 Å². The fraction of sp³-hybridized carbons (Fsp3) is 0.621. The van der Waals surface area contributed by atoms with E-state index in [1.165, 1.54) is 43.7 Å². The molecule has 3 saturated heterocycles. The van der Waals surface area contributed by atoms with Gasteiger partial charge in [0, 0.05) is 56.7 Å². The van der Waals surface area contributed by atoms with Crippen molar-refractivity contribution in [1.29, 1.82) is 0 Å². The van der Waals surface area contributed by atoms with Crippen LogP contribution < -0.4 is 14.5 Å². The molecular formula is C29H40N4O2. The maximum absolute atomic E-state index is 6.39. The maximum Gasteiger partial charge on any atom is 0.119 e. The number of pyridine rings is 1. The number of aryl methyl sites for hydroxylation is 1. The standard InChI is InChI=1S/C29H40N4O2/c1-23-5-6-26(21-30-23)33-19-20-34-29(22-33)13-17-32(18-14-29)25-7-9-27(10-8-25)35-28-11-15-31(16-12-28)24-3-2-4-24/h5-10,21,24,28H,2-4,11-20,22H2,1H3. The van der Waals surface area contributed by atoms with Gasteiger partial charge in [0.15, 0.2) is 0 Å². The van der Waals surface area contributed by atoms with Crippen LogP contribution in [0.15, 0.2) is 42.6 Å². The lowest BCUT2D eigenvalue weighted by molar-refractivity contribution is -0.0704. The van der Waals surface area contributed by atoms with Crippen molar-refractivity contribution in [1.82, 2.24) is 9.88 Å². The summed E-state index contributed by atoms with van der Waals surface area (Å²) in [5, 5.41) is 0. The molecule has 0 unspecified atom stereocenters. The van der Waals surface area contributed by atoms with Gasteiger partial charge in [-0.05, 0) is 81.8 Å². The average Bonchev–Trinajstić information content (AvgIpc) is 2.86. The van der Waals surface area contributed by atoms with Gasteiger partial charge in [0.2, 0.25) is 0 Å². The lowest BCUT2D eigenvalue weighted by atomic mass is 9.89. The monoisotopic (exact) mass is 476 g/mol.